The van der Waals surface area contributed by atoms with Crippen LogP contribution in [0.15, 0.2) is 41.0 Å². The third-order valence-corrected chi connectivity index (χ3v) is 6.19. The highest BCUT2D eigenvalue weighted by Gasteiger charge is 2.50. The lowest BCUT2D eigenvalue weighted by atomic mass is 9.49. The minimum Gasteiger partial charge on any atom is -0.250 e. The number of H-pyrrole nitrogens is 1. The summed E-state index contributed by atoms with van der Waals surface area (Å²) in [7, 11) is 0. The topological polar surface area (TPSA) is 46.0 Å². The van der Waals surface area contributed by atoms with Gasteiger partial charge in [-0.2, -0.15) is 14.9 Å². The van der Waals surface area contributed by atoms with Crippen LogP contribution in [-0.2, 0) is 0 Å². The fourth-order valence-corrected chi connectivity index (χ4v) is 4.28. The number of nitrogens with one attached hydrogen (secondary N) is 1. The molecule has 0 spiro atoms. The van der Waals surface area contributed by atoms with Crippen LogP contribution in [0.5, 0.6) is 0 Å². The first kappa shape index (κ1) is 15.8. The molecule has 1 heterocycles. The molecule has 2 bridgehead atoms. The lowest BCUT2D eigenvalue weighted by Gasteiger charge is -2.55. The van der Waals surface area contributed by atoms with E-state index in [0.717, 1.165) is 17.9 Å². The van der Waals surface area contributed by atoms with Crippen molar-refractivity contribution in [3.05, 3.63) is 45.7 Å². The summed E-state index contributed by atoms with van der Waals surface area (Å²) in [6.07, 6.45) is 6.65. The highest BCUT2D eigenvalue weighted by atomic mass is 35.5. The number of aromatic amines is 1. The molecule has 5 rings (SSSR count). The van der Waals surface area contributed by atoms with Crippen molar-refractivity contribution in [2.45, 2.75) is 26.7 Å². The molecule has 0 saturated heterocycles. The fourth-order valence-electron chi connectivity index (χ4n) is 3.88. The molecule has 124 valence electrons. The summed E-state index contributed by atoms with van der Waals surface area (Å²) in [5.41, 5.74) is 2.49. The lowest BCUT2D eigenvalue weighted by molar-refractivity contribution is -0.00126. The van der Waals surface area contributed by atoms with Gasteiger partial charge < -0.3 is 0 Å². The normalized spacial score (nSPS) is 24.7. The summed E-state index contributed by atoms with van der Waals surface area (Å²) in [5.74, 6) is 2.03. The number of allylic oxidation sites excluding steroid dienone is 2. The monoisotopic (exact) mass is 358 g/mol. The summed E-state index contributed by atoms with van der Waals surface area (Å²) in [6.45, 7) is 4.71. The zero-order valence-corrected chi connectivity index (χ0v) is 15.2. The average Bonchev–Trinajstić information content (AvgIpc) is 2.94. The maximum atomic E-state index is 6.29. The van der Waals surface area contributed by atoms with E-state index in [1.54, 1.807) is 4.68 Å². The van der Waals surface area contributed by atoms with Crippen molar-refractivity contribution < 1.29 is 0 Å². The molecule has 2 atom stereocenters. The highest BCUT2D eigenvalue weighted by molar-refractivity contribution is 7.71. The molecule has 6 heteroatoms. The number of hydrogen-bond donors (Lipinski definition) is 1. The van der Waals surface area contributed by atoms with E-state index in [0.29, 0.717) is 27.0 Å². The van der Waals surface area contributed by atoms with Gasteiger partial charge in [0.25, 0.3) is 0 Å². The zero-order valence-electron chi connectivity index (χ0n) is 13.7. The molecule has 1 N–H and O–H groups in total. The van der Waals surface area contributed by atoms with E-state index in [1.165, 1.54) is 12.0 Å². The van der Waals surface area contributed by atoms with Crippen molar-refractivity contribution in [3.8, 4) is 11.4 Å². The van der Waals surface area contributed by atoms with Crippen LogP contribution in [0, 0.1) is 22.0 Å². The number of aromatic nitrogens is 3. The van der Waals surface area contributed by atoms with Crippen LogP contribution < -0.4 is 0 Å². The summed E-state index contributed by atoms with van der Waals surface area (Å²) < 4.78 is 2.11. The first-order valence-electron chi connectivity index (χ1n) is 8.15. The lowest BCUT2D eigenvalue weighted by Crippen LogP contribution is -2.48. The quantitative estimate of drug-likeness (QED) is 0.613. The van der Waals surface area contributed by atoms with E-state index in [9.17, 15) is 0 Å². The molecule has 3 aliphatic carbocycles. The molecule has 0 radical (unpaired) electrons. The second-order valence-corrected chi connectivity index (χ2v) is 7.93. The molecule has 4 nitrogen and oxygen atoms in total. The Labute approximate surface area is 151 Å². The zero-order chi connectivity index (χ0) is 16.9. The van der Waals surface area contributed by atoms with E-state index in [2.05, 4.69) is 35.2 Å². The Hall–Kier alpha value is -1.72. The Balaban J connectivity index is 1.69. The Morgan fingerprint density at radius 3 is 2.92 bits per heavy atom. The standard InChI is InChI=1S/C18H19ClN4S/c1-18(2)12-8-7-11(14(18)9-12)10-20-23-16(21-22-17(23)24)13-5-3-4-6-15(13)19/h3-7,10,12,14H,8-9H2,1-2H3,(H,22,24)/b20-10+/t12-,14+/m0/s1. The predicted octanol–water partition coefficient (Wildman–Crippen LogP) is 5.09. The van der Waals surface area contributed by atoms with Gasteiger partial charge in [-0.25, -0.2) is 5.10 Å². The van der Waals surface area contributed by atoms with Crippen LogP contribution in [0.4, 0.5) is 0 Å². The molecule has 0 amide bonds. The van der Waals surface area contributed by atoms with Gasteiger partial charge in [0, 0.05) is 5.56 Å². The maximum absolute atomic E-state index is 6.29. The largest absolute Gasteiger partial charge is 0.250 e. The van der Waals surface area contributed by atoms with Crippen LogP contribution >= 0.6 is 23.8 Å². The third kappa shape index (κ3) is 2.38. The van der Waals surface area contributed by atoms with Gasteiger partial charge in [-0.1, -0.05) is 43.7 Å². The minimum atomic E-state index is 0.375. The van der Waals surface area contributed by atoms with Crippen LogP contribution in [-0.4, -0.2) is 21.1 Å². The Bertz CT molecular complexity index is 906. The summed E-state index contributed by atoms with van der Waals surface area (Å²) in [6, 6.07) is 7.57. The number of halogens is 1. The molecular formula is C18H19ClN4S. The van der Waals surface area contributed by atoms with Crippen LogP contribution in [0.2, 0.25) is 5.02 Å². The summed E-state index contributed by atoms with van der Waals surface area (Å²) in [4.78, 5) is 0. The smallest absolute Gasteiger partial charge is 0.216 e. The molecule has 1 aromatic heterocycles. The SMILES string of the molecule is CC1(C)[C@H]2CC=C(/C=N/n3c(-c4ccccc4Cl)n[nH]c3=S)[C@H]1C2. The van der Waals surface area contributed by atoms with Crippen LogP contribution in [0.1, 0.15) is 26.7 Å². The van der Waals surface area contributed by atoms with Gasteiger partial charge in [0.15, 0.2) is 5.82 Å². The molecule has 1 fully saturated rings. The van der Waals surface area contributed by atoms with E-state index >= 15 is 0 Å². The molecular weight excluding hydrogens is 340 g/mol. The molecule has 1 aromatic carbocycles. The van der Waals surface area contributed by atoms with Crippen LogP contribution in [0.3, 0.4) is 0 Å². The Morgan fingerprint density at radius 2 is 2.21 bits per heavy atom. The van der Waals surface area contributed by atoms with Gasteiger partial charge in [0.1, 0.15) is 0 Å². The number of rotatable bonds is 3. The predicted molar refractivity (Wildman–Crippen MR) is 99.8 cm³/mol. The van der Waals surface area contributed by atoms with Crippen molar-refractivity contribution in [2.24, 2.45) is 22.4 Å². The second-order valence-electron chi connectivity index (χ2n) is 7.13. The summed E-state index contributed by atoms with van der Waals surface area (Å²) >= 11 is 11.6. The third-order valence-electron chi connectivity index (χ3n) is 5.60. The van der Waals surface area contributed by atoms with Crippen molar-refractivity contribution >= 4 is 30.0 Å². The van der Waals surface area contributed by atoms with Crippen molar-refractivity contribution in [1.82, 2.24) is 14.9 Å². The van der Waals surface area contributed by atoms with Gasteiger partial charge >= 0.3 is 0 Å². The van der Waals surface area contributed by atoms with Crippen molar-refractivity contribution in [1.29, 1.82) is 0 Å². The molecule has 1 saturated carbocycles. The number of nitrogens with zero attached hydrogens (tertiary/aromatic N) is 3. The Morgan fingerprint density at radius 1 is 1.42 bits per heavy atom. The van der Waals surface area contributed by atoms with Crippen molar-refractivity contribution in [2.75, 3.05) is 0 Å². The van der Waals surface area contributed by atoms with Gasteiger partial charge in [-0.15, -0.1) is 0 Å². The second kappa shape index (κ2) is 5.67. The highest BCUT2D eigenvalue weighted by Crippen LogP contribution is 2.58. The summed E-state index contributed by atoms with van der Waals surface area (Å²) in [5, 5.41) is 12.4. The van der Waals surface area contributed by atoms with E-state index < -0.39 is 0 Å². The molecule has 24 heavy (non-hydrogen) atoms. The van der Waals surface area contributed by atoms with Gasteiger partial charge in [0.2, 0.25) is 4.77 Å². The average molecular weight is 359 g/mol. The number of hydrogen-bond acceptors (Lipinski definition) is 3. The Kier molecular flexibility index (Phi) is 3.73. The van der Waals surface area contributed by atoms with Gasteiger partial charge in [0.05, 0.1) is 11.2 Å². The maximum Gasteiger partial charge on any atom is 0.216 e. The number of fused-ring (bicyclic) bond motifs is 1. The minimum absolute atomic E-state index is 0.375. The van der Waals surface area contributed by atoms with E-state index in [-0.39, 0.29) is 0 Å². The fraction of sp³-hybridized carbons (Fsp3) is 0.389. The molecule has 0 aliphatic heterocycles. The first-order valence-corrected chi connectivity index (χ1v) is 8.94. The molecule has 2 aromatic rings. The van der Waals surface area contributed by atoms with Gasteiger partial charge in [-0.3, -0.25) is 0 Å². The van der Waals surface area contributed by atoms with E-state index in [4.69, 9.17) is 23.8 Å². The van der Waals surface area contributed by atoms with E-state index in [1.807, 2.05) is 30.5 Å². The van der Waals surface area contributed by atoms with Crippen LogP contribution in [0.25, 0.3) is 11.4 Å². The molecule has 3 aliphatic rings. The van der Waals surface area contributed by atoms with Gasteiger partial charge in [-0.05, 0) is 60.0 Å². The van der Waals surface area contributed by atoms with Crippen molar-refractivity contribution in [3.63, 3.8) is 0 Å². The molecule has 0 unspecified atom stereocenters. The number of benzene rings is 1. The first-order chi connectivity index (χ1) is 11.5.